The minimum absolute atomic E-state index is 0.365. The predicted octanol–water partition coefficient (Wildman–Crippen LogP) is 4.67. The van der Waals surface area contributed by atoms with E-state index in [2.05, 4.69) is 17.4 Å². The zero-order chi connectivity index (χ0) is 16.8. The summed E-state index contributed by atoms with van der Waals surface area (Å²) in [5.74, 6) is 1.14. The van der Waals surface area contributed by atoms with E-state index in [4.69, 9.17) is 9.15 Å². The zero-order valence-electron chi connectivity index (χ0n) is 13.5. The second kappa shape index (κ2) is 7.66. The van der Waals surface area contributed by atoms with E-state index in [9.17, 15) is 5.21 Å². The second-order valence-electron chi connectivity index (χ2n) is 5.44. The quantitative estimate of drug-likeness (QED) is 0.299. The van der Waals surface area contributed by atoms with E-state index >= 15 is 0 Å². The first kappa shape index (κ1) is 16.1. The number of nitrogens with one attached hydrogen (secondary N) is 1. The van der Waals surface area contributed by atoms with Gasteiger partial charge in [-0.1, -0.05) is 19.4 Å². The molecule has 124 valence electrons. The van der Waals surface area contributed by atoms with E-state index in [0.717, 1.165) is 35.1 Å². The van der Waals surface area contributed by atoms with Crippen LogP contribution in [0.2, 0.25) is 0 Å². The third-order valence-corrected chi connectivity index (χ3v) is 3.66. The SMILES string of the molecule is CCCCOc1cccc(N=C(NO)c2ccc3occc3c2)c1. The second-order valence-corrected chi connectivity index (χ2v) is 5.44. The molecule has 0 unspecified atom stereocenters. The highest BCUT2D eigenvalue weighted by Crippen LogP contribution is 2.22. The van der Waals surface area contributed by atoms with Crippen LogP contribution in [0.25, 0.3) is 11.0 Å². The van der Waals surface area contributed by atoms with Crippen molar-refractivity contribution in [3.63, 3.8) is 0 Å². The number of nitrogens with zero attached hydrogens (tertiary/aromatic N) is 1. The highest BCUT2D eigenvalue weighted by Gasteiger charge is 2.06. The van der Waals surface area contributed by atoms with Gasteiger partial charge >= 0.3 is 0 Å². The lowest BCUT2D eigenvalue weighted by atomic mass is 10.1. The number of benzene rings is 2. The molecular weight excluding hydrogens is 304 g/mol. The molecule has 0 aliphatic rings. The maximum atomic E-state index is 9.47. The van der Waals surface area contributed by atoms with Crippen LogP contribution in [0.1, 0.15) is 25.3 Å². The van der Waals surface area contributed by atoms with Crippen molar-refractivity contribution in [2.24, 2.45) is 4.99 Å². The van der Waals surface area contributed by atoms with Crippen molar-refractivity contribution in [2.45, 2.75) is 19.8 Å². The van der Waals surface area contributed by atoms with Gasteiger partial charge in [-0.3, -0.25) is 10.7 Å². The van der Waals surface area contributed by atoms with Crippen molar-refractivity contribution < 1.29 is 14.4 Å². The Hall–Kier alpha value is -2.79. The highest BCUT2D eigenvalue weighted by molar-refractivity contribution is 6.02. The van der Waals surface area contributed by atoms with E-state index < -0.39 is 0 Å². The van der Waals surface area contributed by atoms with Crippen LogP contribution in [0.5, 0.6) is 5.75 Å². The highest BCUT2D eigenvalue weighted by atomic mass is 16.5. The fourth-order valence-electron chi connectivity index (χ4n) is 2.37. The fraction of sp³-hybridized carbons (Fsp3) is 0.211. The van der Waals surface area contributed by atoms with Crippen LogP contribution in [-0.4, -0.2) is 17.6 Å². The molecule has 24 heavy (non-hydrogen) atoms. The topological polar surface area (TPSA) is 67.0 Å². The van der Waals surface area contributed by atoms with Gasteiger partial charge in [0.15, 0.2) is 5.84 Å². The summed E-state index contributed by atoms with van der Waals surface area (Å²) >= 11 is 0. The van der Waals surface area contributed by atoms with E-state index in [1.165, 1.54) is 0 Å². The number of rotatable bonds is 6. The summed E-state index contributed by atoms with van der Waals surface area (Å²) in [6.45, 7) is 2.81. The molecule has 1 aromatic heterocycles. The van der Waals surface area contributed by atoms with E-state index in [1.54, 1.807) is 6.26 Å². The summed E-state index contributed by atoms with van der Waals surface area (Å²) in [6, 6.07) is 15.0. The Balaban J connectivity index is 1.85. The molecule has 0 saturated heterocycles. The van der Waals surface area contributed by atoms with Crippen LogP contribution in [0, 0.1) is 0 Å². The first-order valence-electron chi connectivity index (χ1n) is 7.99. The molecule has 3 rings (SSSR count). The number of aliphatic imine (C=N–C) groups is 1. The maximum absolute atomic E-state index is 9.47. The lowest BCUT2D eigenvalue weighted by molar-refractivity contribution is 0.235. The van der Waals surface area contributed by atoms with Gasteiger partial charge in [0.1, 0.15) is 11.3 Å². The molecule has 0 bridgehead atoms. The molecule has 0 spiro atoms. The smallest absolute Gasteiger partial charge is 0.157 e. The average molecular weight is 324 g/mol. The van der Waals surface area contributed by atoms with Gasteiger partial charge < -0.3 is 9.15 Å². The van der Waals surface area contributed by atoms with Crippen molar-refractivity contribution in [3.8, 4) is 5.75 Å². The van der Waals surface area contributed by atoms with Crippen molar-refractivity contribution in [2.75, 3.05) is 6.61 Å². The minimum Gasteiger partial charge on any atom is -0.494 e. The van der Waals surface area contributed by atoms with Gasteiger partial charge in [-0.15, -0.1) is 0 Å². The van der Waals surface area contributed by atoms with Gasteiger partial charge in [0, 0.05) is 17.0 Å². The van der Waals surface area contributed by atoms with Crippen LogP contribution >= 0.6 is 0 Å². The zero-order valence-corrected chi connectivity index (χ0v) is 13.5. The monoisotopic (exact) mass is 324 g/mol. The van der Waals surface area contributed by atoms with Gasteiger partial charge in [-0.2, -0.15) is 0 Å². The van der Waals surface area contributed by atoms with Crippen LogP contribution < -0.4 is 10.2 Å². The molecule has 2 aromatic carbocycles. The van der Waals surface area contributed by atoms with Gasteiger partial charge in [-0.05, 0) is 42.8 Å². The fourth-order valence-corrected chi connectivity index (χ4v) is 2.37. The Morgan fingerprint density at radius 3 is 2.96 bits per heavy atom. The molecule has 0 fully saturated rings. The minimum atomic E-state index is 0.365. The number of unbranched alkanes of at least 4 members (excludes halogenated alkanes) is 1. The number of ether oxygens (including phenoxy) is 1. The van der Waals surface area contributed by atoms with E-state index in [0.29, 0.717) is 18.1 Å². The lowest BCUT2D eigenvalue weighted by Gasteiger charge is -2.08. The summed E-state index contributed by atoms with van der Waals surface area (Å²) in [6.07, 6.45) is 3.74. The third-order valence-electron chi connectivity index (χ3n) is 3.66. The Morgan fingerprint density at radius 1 is 1.21 bits per heavy atom. The molecule has 5 nitrogen and oxygen atoms in total. The molecule has 1 heterocycles. The van der Waals surface area contributed by atoms with Crippen molar-refractivity contribution in [3.05, 3.63) is 60.4 Å². The van der Waals surface area contributed by atoms with Gasteiger partial charge in [-0.25, -0.2) is 4.99 Å². The van der Waals surface area contributed by atoms with Crippen LogP contribution in [0.4, 0.5) is 5.69 Å². The van der Waals surface area contributed by atoms with Crippen LogP contribution in [0.15, 0.2) is 64.2 Å². The molecule has 3 aromatic rings. The number of amidine groups is 1. The van der Waals surface area contributed by atoms with E-state index in [-0.39, 0.29) is 0 Å². The summed E-state index contributed by atoms with van der Waals surface area (Å²) in [4.78, 5) is 4.47. The standard InChI is InChI=1S/C19H20N2O3/c1-2-3-10-23-17-6-4-5-16(13-17)20-19(21-22)15-7-8-18-14(12-15)9-11-24-18/h4-9,11-13,22H,2-3,10H2,1H3,(H,20,21). The first-order chi connectivity index (χ1) is 11.8. The van der Waals surface area contributed by atoms with Crippen LogP contribution in [0.3, 0.4) is 0 Å². The first-order valence-corrected chi connectivity index (χ1v) is 7.99. The Bertz CT molecular complexity index is 839. The molecule has 0 amide bonds. The average Bonchev–Trinajstić information content (AvgIpc) is 3.08. The molecular formula is C19H20N2O3. The van der Waals surface area contributed by atoms with Gasteiger partial charge in [0.25, 0.3) is 0 Å². The summed E-state index contributed by atoms with van der Waals surface area (Å²) < 4.78 is 11.0. The summed E-state index contributed by atoms with van der Waals surface area (Å²) in [5, 5.41) is 10.4. The third kappa shape index (κ3) is 3.75. The molecule has 0 saturated carbocycles. The van der Waals surface area contributed by atoms with Gasteiger partial charge in [0.2, 0.25) is 0 Å². The van der Waals surface area contributed by atoms with Crippen molar-refractivity contribution >= 4 is 22.5 Å². The molecule has 0 aliphatic heterocycles. The Morgan fingerprint density at radius 2 is 2.12 bits per heavy atom. The summed E-state index contributed by atoms with van der Waals surface area (Å²) in [7, 11) is 0. The molecule has 0 radical (unpaired) electrons. The number of hydrogen-bond acceptors (Lipinski definition) is 4. The van der Waals surface area contributed by atoms with Crippen molar-refractivity contribution in [1.82, 2.24) is 5.48 Å². The Kier molecular flexibility index (Phi) is 5.13. The molecule has 0 atom stereocenters. The maximum Gasteiger partial charge on any atom is 0.157 e. The number of fused-ring (bicyclic) bond motifs is 1. The molecule has 0 aliphatic carbocycles. The Labute approximate surface area is 140 Å². The van der Waals surface area contributed by atoms with Crippen molar-refractivity contribution in [1.29, 1.82) is 0 Å². The summed E-state index contributed by atoms with van der Waals surface area (Å²) in [5.41, 5.74) is 4.44. The normalized spacial score (nSPS) is 11.7. The lowest BCUT2D eigenvalue weighted by Crippen LogP contribution is -2.19. The predicted molar refractivity (Wildman–Crippen MR) is 94.2 cm³/mol. The number of furan rings is 1. The number of hydrogen-bond donors (Lipinski definition) is 2. The largest absolute Gasteiger partial charge is 0.494 e. The molecule has 2 N–H and O–H groups in total. The van der Waals surface area contributed by atoms with E-state index in [1.807, 2.05) is 48.5 Å². The van der Waals surface area contributed by atoms with Gasteiger partial charge in [0.05, 0.1) is 18.6 Å². The molecule has 5 heteroatoms. The number of hydroxylamine groups is 1. The van der Waals surface area contributed by atoms with Crippen LogP contribution in [-0.2, 0) is 0 Å².